The number of hydrogen-bond acceptors (Lipinski definition) is 6. The number of ether oxygens (including phenoxy) is 1. The van der Waals surface area contributed by atoms with Crippen molar-refractivity contribution >= 4 is 11.7 Å². The smallest absolute Gasteiger partial charge is 0.273 e. The Hall–Kier alpha value is -2.54. The van der Waals surface area contributed by atoms with Crippen LogP contribution in [0, 0.1) is 13.8 Å². The number of pyridine rings is 1. The number of anilines is 1. The average Bonchev–Trinajstić information content (AvgIpc) is 2.61. The zero-order valence-electron chi connectivity index (χ0n) is 15.1. The molecule has 7 nitrogen and oxygen atoms in total. The molecule has 0 N–H and O–H groups in total. The van der Waals surface area contributed by atoms with Gasteiger partial charge in [0.1, 0.15) is 17.6 Å². The number of nitrogens with zero attached hydrogens (tertiary/aromatic N) is 5. The normalized spacial score (nSPS) is 17.4. The summed E-state index contributed by atoms with van der Waals surface area (Å²) in [6.07, 6.45) is 1.64. The molecule has 3 heterocycles. The van der Waals surface area contributed by atoms with Gasteiger partial charge in [0, 0.05) is 38.6 Å². The molecule has 0 saturated carbocycles. The van der Waals surface area contributed by atoms with E-state index in [0.717, 1.165) is 17.1 Å². The number of carbonyl (C=O) groups excluding carboxylic acids is 1. The summed E-state index contributed by atoms with van der Waals surface area (Å²) >= 11 is 0. The van der Waals surface area contributed by atoms with E-state index in [1.807, 2.05) is 51.0 Å². The van der Waals surface area contributed by atoms with Crippen LogP contribution < -0.4 is 4.90 Å². The molecular weight excluding hydrogens is 318 g/mol. The van der Waals surface area contributed by atoms with Crippen molar-refractivity contribution in [3.8, 4) is 0 Å². The summed E-state index contributed by atoms with van der Waals surface area (Å²) < 4.78 is 5.62. The van der Waals surface area contributed by atoms with Gasteiger partial charge in [-0.3, -0.25) is 9.78 Å². The average molecular weight is 341 g/mol. The monoisotopic (exact) mass is 341 g/mol. The van der Waals surface area contributed by atoms with E-state index in [1.165, 1.54) is 0 Å². The highest BCUT2D eigenvalue weighted by Gasteiger charge is 2.33. The lowest BCUT2D eigenvalue weighted by Crippen LogP contribution is -2.44. The van der Waals surface area contributed by atoms with Gasteiger partial charge in [-0.1, -0.05) is 6.07 Å². The van der Waals surface area contributed by atoms with Crippen molar-refractivity contribution in [2.45, 2.75) is 19.9 Å². The maximum Gasteiger partial charge on any atom is 0.273 e. The molecule has 1 aliphatic heterocycles. The van der Waals surface area contributed by atoms with Gasteiger partial charge in [0.05, 0.1) is 13.2 Å². The predicted molar refractivity (Wildman–Crippen MR) is 94.7 cm³/mol. The molecule has 0 aliphatic carbocycles. The number of morpholine rings is 1. The molecule has 2 aromatic rings. The second-order valence-corrected chi connectivity index (χ2v) is 6.38. The maximum atomic E-state index is 13.0. The van der Waals surface area contributed by atoms with Gasteiger partial charge < -0.3 is 14.5 Å². The molecular formula is C18H23N5O2. The predicted octanol–water partition coefficient (Wildman–Crippen LogP) is 1.77. The van der Waals surface area contributed by atoms with Crippen LogP contribution in [-0.2, 0) is 4.74 Å². The van der Waals surface area contributed by atoms with Gasteiger partial charge in [0.25, 0.3) is 5.91 Å². The molecule has 0 unspecified atom stereocenters. The van der Waals surface area contributed by atoms with Crippen molar-refractivity contribution in [1.29, 1.82) is 0 Å². The van der Waals surface area contributed by atoms with Crippen LogP contribution in [-0.4, -0.2) is 59.6 Å². The highest BCUT2D eigenvalue weighted by atomic mass is 16.5. The number of rotatable bonds is 3. The minimum atomic E-state index is -0.318. The third-order valence-corrected chi connectivity index (χ3v) is 4.22. The molecule has 7 heteroatoms. The molecule has 0 spiro atoms. The van der Waals surface area contributed by atoms with Crippen LogP contribution in [0.5, 0.6) is 0 Å². The fraction of sp³-hybridized carbons (Fsp3) is 0.444. The van der Waals surface area contributed by atoms with Crippen LogP contribution in [0.25, 0.3) is 0 Å². The Morgan fingerprint density at radius 3 is 2.84 bits per heavy atom. The number of aryl methyl sites for hydroxylation is 2. The van der Waals surface area contributed by atoms with Crippen molar-refractivity contribution in [3.63, 3.8) is 0 Å². The number of carbonyl (C=O) groups is 1. The van der Waals surface area contributed by atoms with E-state index in [4.69, 9.17) is 4.74 Å². The summed E-state index contributed by atoms with van der Waals surface area (Å²) in [4.78, 5) is 30.2. The van der Waals surface area contributed by atoms with Gasteiger partial charge in [-0.2, -0.15) is 0 Å². The number of amides is 1. The molecule has 1 saturated heterocycles. The fourth-order valence-electron chi connectivity index (χ4n) is 2.86. The van der Waals surface area contributed by atoms with E-state index in [-0.39, 0.29) is 11.9 Å². The van der Waals surface area contributed by atoms with Crippen molar-refractivity contribution in [2.24, 2.45) is 0 Å². The fourth-order valence-corrected chi connectivity index (χ4v) is 2.86. The third kappa shape index (κ3) is 3.61. The van der Waals surface area contributed by atoms with E-state index in [2.05, 4.69) is 15.0 Å². The molecule has 0 bridgehead atoms. The zero-order chi connectivity index (χ0) is 18.0. The van der Waals surface area contributed by atoms with Gasteiger partial charge in [0.15, 0.2) is 5.82 Å². The lowest BCUT2D eigenvalue weighted by Gasteiger charge is -2.35. The van der Waals surface area contributed by atoms with E-state index in [0.29, 0.717) is 31.3 Å². The second kappa shape index (κ2) is 7.14. The standard InChI is InChI=1S/C18H23N5O2/c1-12-6-5-7-19-16(12)18(24)23-8-9-25-11-14(23)17-20-13(2)10-15(21-17)22(3)4/h5-7,10,14H,8-9,11H2,1-4H3/t14-/m1/s1. The molecule has 2 aromatic heterocycles. The van der Waals surface area contributed by atoms with Crippen molar-refractivity contribution < 1.29 is 9.53 Å². The van der Waals surface area contributed by atoms with Gasteiger partial charge >= 0.3 is 0 Å². The van der Waals surface area contributed by atoms with Gasteiger partial charge in [-0.05, 0) is 25.5 Å². The van der Waals surface area contributed by atoms with Crippen LogP contribution in [0.1, 0.15) is 33.6 Å². The van der Waals surface area contributed by atoms with E-state index < -0.39 is 0 Å². The summed E-state index contributed by atoms with van der Waals surface area (Å²) in [7, 11) is 3.87. The highest BCUT2D eigenvalue weighted by Crippen LogP contribution is 2.25. The molecule has 132 valence electrons. The van der Waals surface area contributed by atoms with Crippen LogP contribution in [0.3, 0.4) is 0 Å². The lowest BCUT2D eigenvalue weighted by molar-refractivity contribution is -0.00558. The lowest BCUT2D eigenvalue weighted by atomic mass is 10.1. The summed E-state index contributed by atoms with van der Waals surface area (Å²) in [6, 6.07) is 5.32. The first-order valence-electron chi connectivity index (χ1n) is 8.30. The summed E-state index contributed by atoms with van der Waals surface area (Å²) in [6.45, 7) is 5.20. The highest BCUT2D eigenvalue weighted by molar-refractivity contribution is 5.94. The molecule has 25 heavy (non-hydrogen) atoms. The Morgan fingerprint density at radius 2 is 2.12 bits per heavy atom. The number of hydrogen-bond donors (Lipinski definition) is 0. The largest absolute Gasteiger partial charge is 0.377 e. The van der Waals surface area contributed by atoms with Crippen molar-refractivity contribution in [1.82, 2.24) is 19.9 Å². The molecule has 1 atom stereocenters. The first-order chi connectivity index (χ1) is 12.0. The minimum absolute atomic E-state index is 0.108. The van der Waals surface area contributed by atoms with Crippen molar-refractivity contribution in [2.75, 3.05) is 38.8 Å². The van der Waals surface area contributed by atoms with Crippen LogP contribution in [0.2, 0.25) is 0 Å². The molecule has 1 amide bonds. The minimum Gasteiger partial charge on any atom is -0.377 e. The molecule has 0 radical (unpaired) electrons. The Labute approximate surface area is 147 Å². The molecule has 1 fully saturated rings. The topological polar surface area (TPSA) is 71.5 Å². The number of aromatic nitrogens is 3. The summed E-state index contributed by atoms with van der Waals surface area (Å²) in [5, 5.41) is 0. The Bertz CT molecular complexity index is 778. The third-order valence-electron chi connectivity index (χ3n) is 4.22. The van der Waals surface area contributed by atoms with E-state index in [1.54, 1.807) is 11.1 Å². The SMILES string of the molecule is Cc1cc(N(C)C)nc([C@H]2COCCN2C(=O)c2ncccc2C)n1. The summed E-state index contributed by atoms with van der Waals surface area (Å²) in [5.41, 5.74) is 2.19. The Morgan fingerprint density at radius 1 is 1.32 bits per heavy atom. The Kier molecular flexibility index (Phi) is 4.94. The molecule has 0 aromatic carbocycles. The quantitative estimate of drug-likeness (QED) is 0.847. The molecule has 3 rings (SSSR count). The van der Waals surface area contributed by atoms with Gasteiger partial charge in [-0.25, -0.2) is 9.97 Å². The second-order valence-electron chi connectivity index (χ2n) is 6.38. The Balaban J connectivity index is 1.97. The van der Waals surface area contributed by atoms with Crippen molar-refractivity contribution in [3.05, 3.63) is 47.2 Å². The van der Waals surface area contributed by atoms with Gasteiger partial charge in [0.2, 0.25) is 0 Å². The maximum absolute atomic E-state index is 13.0. The summed E-state index contributed by atoms with van der Waals surface area (Å²) in [5.74, 6) is 1.31. The zero-order valence-corrected chi connectivity index (χ0v) is 15.1. The van der Waals surface area contributed by atoms with Gasteiger partial charge in [-0.15, -0.1) is 0 Å². The van der Waals surface area contributed by atoms with E-state index >= 15 is 0 Å². The van der Waals surface area contributed by atoms with Crippen LogP contribution in [0.4, 0.5) is 5.82 Å². The van der Waals surface area contributed by atoms with E-state index in [9.17, 15) is 4.79 Å². The first kappa shape index (κ1) is 17.3. The van der Waals surface area contributed by atoms with Crippen LogP contribution >= 0.6 is 0 Å². The first-order valence-corrected chi connectivity index (χ1v) is 8.30. The molecule has 1 aliphatic rings. The van der Waals surface area contributed by atoms with Crippen LogP contribution in [0.15, 0.2) is 24.4 Å².